The van der Waals surface area contributed by atoms with Gasteiger partial charge in [-0.25, -0.2) is 10.3 Å². The number of ether oxygens (including phenoxy) is 1. The first-order valence-electron chi connectivity index (χ1n) is 9.00. The highest BCUT2D eigenvalue weighted by atomic mass is 28.4. The van der Waals surface area contributed by atoms with Gasteiger partial charge in [0.05, 0.1) is 24.0 Å². The molecular formula is C19H33NO4Si2. The average molecular weight is 396 g/mol. The Morgan fingerprint density at radius 1 is 1.04 bits per heavy atom. The summed E-state index contributed by atoms with van der Waals surface area (Å²) in [6, 6.07) is 9.29. The number of carbonyl (C=O) groups is 1. The Morgan fingerprint density at radius 2 is 1.62 bits per heavy atom. The van der Waals surface area contributed by atoms with Crippen molar-refractivity contribution in [3.05, 3.63) is 47.2 Å². The second-order valence-corrected chi connectivity index (χ2v) is 16.9. The second kappa shape index (κ2) is 9.50. The minimum Gasteiger partial charge on any atom is -0.547 e. The molecule has 1 unspecified atom stereocenters. The number of benzene rings is 1. The summed E-state index contributed by atoms with van der Waals surface area (Å²) in [4.78, 5) is 12.8. The number of allylic oxidation sites excluding steroid dienone is 1. The molecule has 0 aromatic heterocycles. The van der Waals surface area contributed by atoms with Crippen molar-refractivity contribution >= 4 is 22.6 Å². The fourth-order valence-electron chi connectivity index (χ4n) is 2.36. The van der Waals surface area contributed by atoms with E-state index in [0.717, 1.165) is 5.56 Å². The summed E-state index contributed by atoms with van der Waals surface area (Å²) in [5, 5.41) is 0. The van der Waals surface area contributed by atoms with Gasteiger partial charge in [0.2, 0.25) is 16.6 Å². The van der Waals surface area contributed by atoms with Crippen molar-refractivity contribution in [1.29, 1.82) is 0 Å². The predicted molar refractivity (Wildman–Crippen MR) is 111 cm³/mol. The zero-order valence-electron chi connectivity index (χ0n) is 17.3. The van der Waals surface area contributed by atoms with Crippen molar-refractivity contribution in [2.45, 2.75) is 59.2 Å². The highest BCUT2D eigenvalue weighted by molar-refractivity contribution is 6.70. The summed E-state index contributed by atoms with van der Waals surface area (Å²) in [5.74, 6) is 0.201. The maximum absolute atomic E-state index is 12.8. The van der Waals surface area contributed by atoms with E-state index in [9.17, 15) is 4.79 Å². The van der Waals surface area contributed by atoms with E-state index >= 15 is 0 Å². The Kier molecular flexibility index (Phi) is 8.27. The van der Waals surface area contributed by atoms with Crippen molar-refractivity contribution in [3.63, 3.8) is 0 Å². The first-order valence-corrected chi connectivity index (χ1v) is 15.8. The number of carbonyl (C=O) groups excluding carboxylic acids is 1. The van der Waals surface area contributed by atoms with Gasteiger partial charge in [0.15, 0.2) is 0 Å². The summed E-state index contributed by atoms with van der Waals surface area (Å²) in [6.45, 7) is 16.4. The van der Waals surface area contributed by atoms with Gasteiger partial charge in [-0.1, -0.05) is 30.3 Å². The van der Waals surface area contributed by atoms with Crippen molar-refractivity contribution in [2.75, 3.05) is 6.61 Å². The summed E-state index contributed by atoms with van der Waals surface area (Å²) in [6.07, 6.45) is 0. The minimum atomic E-state index is -1.88. The van der Waals surface area contributed by atoms with Crippen LogP contribution in [0.1, 0.15) is 25.5 Å². The summed E-state index contributed by atoms with van der Waals surface area (Å²) < 4.78 is 17.4. The monoisotopic (exact) mass is 395 g/mol. The van der Waals surface area contributed by atoms with E-state index < -0.39 is 22.7 Å². The van der Waals surface area contributed by atoms with Crippen LogP contribution in [-0.4, -0.2) is 29.2 Å². The minimum absolute atomic E-state index is 0.305. The fraction of sp³-hybridized carbons (Fsp3) is 0.526. The van der Waals surface area contributed by atoms with E-state index in [0.29, 0.717) is 17.9 Å². The lowest BCUT2D eigenvalue weighted by atomic mass is 9.98. The zero-order chi connectivity index (χ0) is 20.0. The summed E-state index contributed by atoms with van der Waals surface area (Å²) in [5.41, 5.74) is 4.50. The van der Waals surface area contributed by atoms with Gasteiger partial charge in [0.1, 0.15) is 0 Å². The fourth-order valence-corrected chi connectivity index (χ4v) is 3.86. The third kappa shape index (κ3) is 7.86. The Balaban J connectivity index is 3.40. The first kappa shape index (κ1) is 22.6. The lowest BCUT2D eigenvalue weighted by molar-refractivity contribution is -0.139. The van der Waals surface area contributed by atoms with Crippen LogP contribution in [0.15, 0.2) is 41.7 Å². The molecule has 1 aromatic carbocycles. The Bertz CT molecular complexity index is 619. The van der Waals surface area contributed by atoms with Gasteiger partial charge >= 0.3 is 5.97 Å². The molecule has 1 N–H and O–H groups in total. The van der Waals surface area contributed by atoms with Crippen LogP contribution in [0.4, 0.5) is 0 Å². The maximum atomic E-state index is 12.8. The highest BCUT2D eigenvalue weighted by Gasteiger charge is 2.31. The van der Waals surface area contributed by atoms with E-state index in [-0.39, 0.29) is 5.97 Å². The smallest absolute Gasteiger partial charge is 0.339 e. The zero-order valence-corrected chi connectivity index (χ0v) is 19.3. The first-order chi connectivity index (χ1) is 11.9. The molecule has 5 nitrogen and oxygen atoms in total. The summed E-state index contributed by atoms with van der Waals surface area (Å²) >= 11 is 0. The molecular weight excluding hydrogens is 362 g/mol. The molecule has 0 spiro atoms. The van der Waals surface area contributed by atoms with Crippen LogP contribution >= 0.6 is 0 Å². The Labute approximate surface area is 160 Å². The molecule has 1 aromatic rings. The standard InChI is InChI=1S/C19H33NO4Si2/c1-9-22-19(21)17(15(2)23-25(3,4)5)18(20-24-26(6,7)8)16-13-11-10-12-14-16/h10-14,18,20H,9H2,1-8H3/b17-15+. The van der Waals surface area contributed by atoms with Gasteiger partial charge in [0.25, 0.3) is 0 Å². The van der Waals surface area contributed by atoms with Crippen LogP contribution in [-0.2, 0) is 18.5 Å². The molecule has 0 saturated heterocycles. The Hall–Kier alpha value is -1.42. The predicted octanol–water partition coefficient (Wildman–Crippen LogP) is 4.77. The number of hydrogen-bond donors (Lipinski definition) is 1. The van der Waals surface area contributed by atoms with Crippen LogP contribution in [0.5, 0.6) is 0 Å². The molecule has 7 heteroatoms. The molecule has 146 valence electrons. The van der Waals surface area contributed by atoms with E-state index in [1.54, 1.807) is 6.92 Å². The van der Waals surface area contributed by atoms with Crippen molar-refractivity contribution in [3.8, 4) is 0 Å². The van der Waals surface area contributed by atoms with Crippen LogP contribution in [0.25, 0.3) is 0 Å². The largest absolute Gasteiger partial charge is 0.547 e. The number of hydroxylamine groups is 1. The van der Waals surface area contributed by atoms with Gasteiger partial charge in [-0.15, -0.1) is 0 Å². The SMILES string of the molecule is CCOC(=O)/C(=C(\C)O[Si](C)(C)C)C(NO[Si](C)(C)C)c1ccccc1. The molecule has 0 aliphatic heterocycles. The number of esters is 1. The molecule has 0 saturated carbocycles. The molecule has 0 radical (unpaired) electrons. The molecule has 1 rings (SSSR count). The topological polar surface area (TPSA) is 56.8 Å². The lowest BCUT2D eigenvalue weighted by Gasteiger charge is -2.29. The molecule has 0 heterocycles. The van der Waals surface area contributed by atoms with E-state index in [1.807, 2.05) is 37.3 Å². The van der Waals surface area contributed by atoms with Crippen molar-refractivity contribution < 1.29 is 18.5 Å². The number of hydrogen-bond acceptors (Lipinski definition) is 5. The molecule has 0 aliphatic rings. The molecule has 0 bridgehead atoms. The van der Waals surface area contributed by atoms with Crippen LogP contribution in [0.3, 0.4) is 0 Å². The van der Waals surface area contributed by atoms with Crippen LogP contribution in [0, 0.1) is 0 Å². The quantitative estimate of drug-likeness (QED) is 0.214. The lowest BCUT2D eigenvalue weighted by Crippen LogP contribution is -2.38. The molecule has 0 fully saturated rings. The van der Waals surface area contributed by atoms with Gasteiger partial charge < -0.3 is 13.7 Å². The van der Waals surface area contributed by atoms with Crippen molar-refractivity contribution in [1.82, 2.24) is 5.48 Å². The number of nitrogens with one attached hydrogen (secondary N) is 1. The van der Waals surface area contributed by atoms with Gasteiger partial charge in [-0.3, -0.25) is 0 Å². The van der Waals surface area contributed by atoms with Gasteiger partial charge in [-0.2, -0.15) is 0 Å². The average Bonchev–Trinajstić information content (AvgIpc) is 2.49. The second-order valence-electron chi connectivity index (χ2n) is 8.08. The molecule has 0 amide bonds. The van der Waals surface area contributed by atoms with Crippen molar-refractivity contribution in [2.24, 2.45) is 0 Å². The summed E-state index contributed by atoms with van der Waals surface area (Å²) in [7, 11) is -3.74. The third-order valence-corrected chi connectivity index (χ3v) is 4.89. The van der Waals surface area contributed by atoms with E-state index in [2.05, 4.69) is 44.8 Å². The van der Waals surface area contributed by atoms with Gasteiger partial charge in [0, 0.05) is 0 Å². The number of rotatable bonds is 9. The van der Waals surface area contributed by atoms with E-state index in [1.165, 1.54) is 0 Å². The van der Waals surface area contributed by atoms with E-state index in [4.69, 9.17) is 13.7 Å². The molecule has 0 aliphatic carbocycles. The highest BCUT2D eigenvalue weighted by Crippen LogP contribution is 2.28. The third-order valence-electron chi connectivity index (χ3n) is 3.24. The van der Waals surface area contributed by atoms with Gasteiger partial charge in [-0.05, 0) is 58.7 Å². The van der Waals surface area contributed by atoms with Crippen LogP contribution in [0.2, 0.25) is 39.3 Å². The Morgan fingerprint density at radius 3 is 2.08 bits per heavy atom. The normalized spacial score (nSPS) is 14.5. The maximum Gasteiger partial charge on any atom is 0.339 e. The van der Waals surface area contributed by atoms with Crippen LogP contribution < -0.4 is 5.48 Å². The molecule has 1 atom stereocenters. The molecule has 26 heavy (non-hydrogen) atoms.